The summed E-state index contributed by atoms with van der Waals surface area (Å²) in [6.07, 6.45) is 2.19. The first kappa shape index (κ1) is 22.4. The van der Waals surface area contributed by atoms with Gasteiger partial charge < -0.3 is 15.1 Å². The van der Waals surface area contributed by atoms with E-state index in [4.69, 9.17) is 9.56 Å². The summed E-state index contributed by atoms with van der Waals surface area (Å²) >= 11 is 0. The van der Waals surface area contributed by atoms with Gasteiger partial charge in [0.15, 0.2) is 5.96 Å². The molecular formula is C21H22F2N4O3S. The Kier molecular flexibility index (Phi) is 7.37. The van der Waals surface area contributed by atoms with Crippen molar-refractivity contribution in [3.8, 4) is 0 Å². The Bertz CT molecular complexity index is 1130. The zero-order chi connectivity index (χ0) is 22.3. The number of rotatable bonds is 8. The first-order valence-electron chi connectivity index (χ1n) is 9.41. The first-order chi connectivity index (χ1) is 14.8. The van der Waals surface area contributed by atoms with Crippen molar-refractivity contribution in [3.05, 3.63) is 89.4 Å². The highest BCUT2D eigenvalue weighted by molar-refractivity contribution is 7.89. The first-order valence-corrected chi connectivity index (χ1v) is 11.0. The molecule has 3 aromatic rings. The molecule has 10 heteroatoms. The molecule has 7 nitrogen and oxygen atoms in total. The van der Waals surface area contributed by atoms with Gasteiger partial charge in [-0.05, 0) is 48.0 Å². The fourth-order valence-electron chi connectivity index (χ4n) is 2.75. The standard InChI is InChI=1S/C21H22F2N4O3S/c22-17-5-8-20(23)16(12-17)14-27-21(25-10-9-18-2-1-11-30-18)26-13-15-3-6-19(7-4-15)31(24,28)29/h1-8,11-12H,9-10,13-14H2,(H2,24,28,29)(H2,25,26,27). The van der Waals surface area contributed by atoms with Crippen molar-refractivity contribution in [1.82, 2.24) is 10.6 Å². The predicted octanol–water partition coefficient (Wildman–Crippen LogP) is 2.68. The van der Waals surface area contributed by atoms with Gasteiger partial charge in [-0.3, -0.25) is 0 Å². The molecule has 0 fully saturated rings. The zero-order valence-corrected chi connectivity index (χ0v) is 17.3. The normalized spacial score (nSPS) is 12.0. The van der Waals surface area contributed by atoms with Crippen molar-refractivity contribution in [2.45, 2.75) is 24.4 Å². The van der Waals surface area contributed by atoms with Gasteiger partial charge in [0, 0.05) is 25.1 Å². The predicted molar refractivity (Wildman–Crippen MR) is 113 cm³/mol. The molecule has 0 saturated heterocycles. The molecule has 0 unspecified atom stereocenters. The van der Waals surface area contributed by atoms with Crippen molar-refractivity contribution >= 4 is 16.0 Å². The summed E-state index contributed by atoms with van der Waals surface area (Å²) in [6.45, 7) is 0.752. The Morgan fingerprint density at radius 3 is 2.52 bits per heavy atom. The summed E-state index contributed by atoms with van der Waals surface area (Å²) in [5, 5.41) is 11.2. The molecule has 0 aliphatic heterocycles. The van der Waals surface area contributed by atoms with Gasteiger partial charge in [-0.1, -0.05) is 12.1 Å². The largest absolute Gasteiger partial charge is 0.469 e. The molecule has 0 aliphatic rings. The molecule has 164 valence electrons. The van der Waals surface area contributed by atoms with Gasteiger partial charge in [0.2, 0.25) is 10.0 Å². The lowest BCUT2D eigenvalue weighted by molar-refractivity contribution is 0.506. The van der Waals surface area contributed by atoms with Crippen LogP contribution in [0.2, 0.25) is 0 Å². The highest BCUT2D eigenvalue weighted by Crippen LogP contribution is 2.11. The number of halogens is 2. The minimum absolute atomic E-state index is 0.0109. The van der Waals surface area contributed by atoms with Crippen LogP contribution < -0.4 is 15.8 Å². The molecule has 1 aromatic heterocycles. The van der Waals surface area contributed by atoms with Gasteiger partial charge in [0.25, 0.3) is 0 Å². The number of aliphatic imine (C=N–C) groups is 1. The third kappa shape index (κ3) is 6.90. The third-order valence-corrected chi connectivity index (χ3v) is 5.30. The van der Waals surface area contributed by atoms with E-state index in [2.05, 4.69) is 15.6 Å². The molecule has 0 aliphatic carbocycles. The second-order valence-corrected chi connectivity index (χ2v) is 8.26. The smallest absolute Gasteiger partial charge is 0.238 e. The summed E-state index contributed by atoms with van der Waals surface area (Å²) in [7, 11) is -3.77. The van der Waals surface area contributed by atoms with Crippen molar-refractivity contribution < 1.29 is 21.6 Å². The highest BCUT2D eigenvalue weighted by atomic mass is 32.2. The van der Waals surface area contributed by atoms with Crippen molar-refractivity contribution in [3.63, 3.8) is 0 Å². The Morgan fingerprint density at radius 2 is 1.84 bits per heavy atom. The van der Waals surface area contributed by atoms with E-state index >= 15 is 0 Å². The number of nitrogens with two attached hydrogens (primary N) is 1. The maximum Gasteiger partial charge on any atom is 0.238 e. The number of primary sulfonamides is 1. The number of guanidine groups is 1. The number of nitrogens with one attached hydrogen (secondary N) is 2. The maximum atomic E-state index is 13.9. The SMILES string of the molecule is NS(=O)(=O)c1ccc(CN=C(NCCc2ccco2)NCc2cc(F)ccc2F)cc1. The van der Waals surface area contributed by atoms with E-state index < -0.39 is 21.7 Å². The van der Waals surface area contributed by atoms with Crippen molar-refractivity contribution in [2.75, 3.05) is 6.54 Å². The van der Waals surface area contributed by atoms with Gasteiger partial charge in [-0.25, -0.2) is 27.3 Å². The van der Waals surface area contributed by atoms with Crippen LogP contribution >= 0.6 is 0 Å². The third-order valence-electron chi connectivity index (χ3n) is 4.37. The minimum Gasteiger partial charge on any atom is -0.469 e. The average molecular weight is 448 g/mol. The zero-order valence-electron chi connectivity index (χ0n) is 16.5. The summed E-state index contributed by atoms with van der Waals surface area (Å²) in [5.74, 6) is 0.118. The Morgan fingerprint density at radius 1 is 1.06 bits per heavy atom. The second-order valence-electron chi connectivity index (χ2n) is 6.70. The van der Waals surface area contributed by atoms with E-state index in [1.54, 1.807) is 24.5 Å². The summed E-state index contributed by atoms with van der Waals surface area (Å²) < 4.78 is 55.3. The van der Waals surface area contributed by atoms with Crippen LogP contribution in [0.1, 0.15) is 16.9 Å². The van der Waals surface area contributed by atoms with Crippen molar-refractivity contribution in [1.29, 1.82) is 0 Å². The molecule has 0 radical (unpaired) electrons. The molecule has 0 amide bonds. The van der Waals surface area contributed by atoms with Gasteiger partial charge in [0.05, 0.1) is 17.7 Å². The topological polar surface area (TPSA) is 110 Å². The monoisotopic (exact) mass is 448 g/mol. The van der Waals surface area contributed by atoms with E-state index in [0.717, 1.165) is 29.5 Å². The number of hydrogen-bond acceptors (Lipinski definition) is 4. The van der Waals surface area contributed by atoms with E-state index in [1.807, 2.05) is 6.07 Å². The van der Waals surface area contributed by atoms with E-state index in [1.165, 1.54) is 12.1 Å². The summed E-state index contributed by atoms with van der Waals surface area (Å²) in [6, 6.07) is 12.9. The van der Waals surface area contributed by atoms with Gasteiger partial charge >= 0.3 is 0 Å². The van der Waals surface area contributed by atoms with Crippen LogP contribution in [0.15, 0.2) is 75.2 Å². The Hall–Kier alpha value is -3.24. The van der Waals surface area contributed by atoms with Crippen molar-refractivity contribution in [2.24, 2.45) is 10.1 Å². The van der Waals surface area contributed by atoms with Crippen LogP contribution in [0, 0.1) is 11.6 Å². The molecular weight excluding hydrogens is 426 g/mol. The van der Waals surface area contributed by atoms with Crippen LogP contribution in [0.25, 0.3) is 0 Å². The highest BCUT2D eigenvalue weighted by Gasteiger charge is 2.08. The Labute approximate surface area is 179 Å². The lowest BCUT2D eigenvalue weighted by Crippen LogP contribution is -2.38. The molecule has 4 N–H and O–H groups in total. The molecule has 3 rings (SSSR count). The lowest BCUT2D eigenvalue weighted by Gasteiger charge is -2.13. The summed E-state index contributed by atoms with van der Waals surface area (Å²) in [5.41, 5.74) is 0.912. The lowest BCUT2D eigenvalue weighted by atomic mass is 10.2. The molecule has 0 spiro atoms. The van der Waals surface area contributed by atoms with E-state index in [9.17, 15) is 17.2 Å². The van der Waals surface area contributed by atoms with Gasteiger partial charge in [0.1, 0.15) is 17.4 Å². The fourth-order valence-corrected chi connectivity index (χ4v) is 3.26. The number of furan rings is 1. The summed E-state index contributed by atoms with van der Waals surface area (Å²) in [4.78, 5) is 4.45. The van der Waals surface area contributed by atoms with Gasteiger partial charge in [-0.2, -0.15) is 0 Å². The van der Waals surface area contributed by atoms with Crippen LogP contribution in [-0.4, -0.2) is 20.9 Å². The van der Waals surface area contributed by atoms with Crippen LogP contribution in [0.4, 0.5) is 8.78 Å². The fraction of sp³-hybridized carbons (Fsp3) is 0.190. The van der Waals surface area contributed by atoms with E-state index in [0.29, 0.717) is 18.9 Å². The number of sulfonamides is 1. The number of hydrogen-bond donors (Lipinski definition) is 3. The maximum absolute atomic E-state index is 13.9. The minimum atomic E-state index is -3.77. The second kappa shape index (κ2) is 10.2. The molecule has 2 aromatic carbocycles. The Balaban J connectivity index is 1.68. The quantitative estimate of drug-likeness (QED) is 0.363. The van der Waals surface area contributed by atoms with E-state index in [-0.39, 0.29) is 23.5 Å². The molecule has 1 heterocycles. The number of nitrogens with zero attached hydrogens (tertiary/aromatic N) is 1. The van der Waals surface area contributed by atoms with Crippen LogP contribution in [0.3, 0.4) is 0 Å². The average Bonchev–Trinajstić information content (AvgIpc) is 3.25. The molecule has 0 bridgehead atoms. The van der Waals surface area contributed by atoms with Crippen LogP contribution in [-0.2, 0) is 29.5 Å². The molecule has 31 heavy (non-hydrogen) atoms. The van der Waals surface area contributed by atoms with Gasteiger partial charge in [-0.15, -0.1) is 0 Å². The molecule has 0 atom stereocenters. The number of benzene rings is 2. The van der Waals surface area contributed by atoms with Crippen LogP contribution in [0.5, 0.6) is 0 Å². The molecule has 0 saturated carbocycles.